The number of nitrogens with zero attached hydrogens (tertiary/aromatic N) is 1. The molecule has 0 aliphatic heterocycles. The van der Waals surface area contributed by atoms with E-state index in [0.717, 1.165) is 10.9 Å². The van der Waals surface area contributed by atoms with Crippen molar-refractivity contribution in [1.82, 2.24) is 5.43 Å². The number of amides is 2. The lowest BCUT2D eigenvalue weighted by Crippen LogP contribution is -2.20. The number of rotatable bonds is 11. The van der Waals surface area contributed by atoms with Crippen LogP contribution in [0.3, 0.4) is 0 Å². The Kier molecular flexibility index (Phi) is 9.06. The van der Waals surface area contributed by atoms with E-state index >= 15 is 0 Å². The van der Waals surface area contributed by atoms with Crippen molar-refractivity contribution in [2.75, 3.05) is 25.1 Å². The highest BCUT2D eigenvalue weighted by atomic mass is 35.5. The summed E-state index contributed by atoms with van der Waals surface area (Å²) in [5, 5.41) is 7.74. The summed E-state index contributed by atoms with van der Waals surface area (Å²) in [6.45, 7) is 6.29. The Morgan fingerprint density at radius 3 is 2.49 bits per heavy atom. The molecule has 0 radical (unpaired) electrons. The van der Waals surface area contributed by atoms with Crippen LogP contribution in [0.25, 0.3) is 11.0 Å². The maximum Gasteiger partial charge on any atom is 0.307 e. The molecular weight excluding hydrogens is 522 g/mol. The molecule has 0 bridgehead atoms. The number of ether oxygens (including phenoxy) is 3. The predicted octanol–water partition coefficient (Wildman–Crippen LogP) is 5.97. The van der Waals surface area contributed by atoms with E-state index < -0.39 is 5.91 Å². The van der Waals surface area contributed by atoms with E-state index in [1.54, 1.807) is 36.4 Å². The Morgan fingerprint density at radius 1 is 0.974 bits per heavy atom. The lowest BCUT2D eigenvalue weighted by atomic mass is 10.2. The molecule has 202 valence electrons. The third-order valence-corrected chi connectivity index (χ3v) is 5.70. The summed E-state index contributed by atoms with van der Waals surface area (Å²) in [5.74, 6) is 0.505. The number of hydrogen-bond donors (Lipinski definition) is 2. The average Bonchev–Trinajstić information content (AvgIpc) is 3.34. The van der Waals surface area contributed by atoms with Crippen molar-refractivity contribution in [3.63, 3.8) is 0 Å². The maximum absolute atomic E-state index is 12.5. The van der Waals surface area contributed by atoms with Gasteiger partial charge in [0.1, 0.15) is 11.3 Å². The van der Waals surface area contributed by atoms with Gasteiger partial charge in [-0.2, -0.15) is 5.10 Å². The van der Waals surface area contributed by atoms with Gasteiger partial charge in [0.25, 0.3) is 5.91 Å². The van der Waals surface area contributed by atoms with Crippen molar-refractivity contribution in [1.29, 1.82) is 0 Å². The molecule has 0 atom stereocenters. The van der Waals surface area contributed by atoms with Crippen LogP contribution < -0.4 is 25.0 Å². The molecule has 4 rings (SSSR count). The Morgan fingerprint density at radius 2 is 1.74 bits per heavy atom. The number of nitrogens with one attached hydrogen (secondary N) is 2. The minimum atomic E-state index is -0.518. The molecule has 0 spiro atoms. The molecule has 0 fully saturated rings. The number of hydrogen-bond acceptors (Lipinski definition) is 7. The molecular formula is C29H28ClN3O6. The minimum absolute atomic E-state index is 0.108. The monoisotopic (exact) mass is 549 g/mol. The molecule has 3 aromatic carbocycles. The van der Waals surface area contributed by atoms with Crippen LogP contribution in [0.4, 0.5) is 5.69 Å². The topological polar surface area (TPSA) is 111 Å². The first-order valence-electron chi connectivity index (χ1n) is 12.3. The number of furan rings is 1. The highest BCUT2D eigenvalue weighted by Crippen LogP contribution is 2.36. The fraction of sp³-hybridized carbons (Fsp3) is 0.207. The lowest BCUT2D eigenvalue weighted by Gasteiger charge is -2.14. The Bertz CT molecular complexity index is 1500. The molecule has 10 heteroatoms. The number of carbonyl (C=O) groups is 2. The number of hydrazone groups is 1. The molecule has 4 aromatic rings. The second-order valence-electron chi connectivity index (χ2n) is 8.41. The summed E-state index contributed by atoms with van der Waals surface area (Å²) >= 11 is 6.44. The highest BCUT2D eigenvalue weighted by molar-refractivity contribution is 6.32. The van der Waals surface area contributed by atoms with Gasteiger partial charge in [0, 0.05) is 11.1 Å². The van der Waals surface area contributed by atoms with Crippen molar-refractivity contribution < 1.29 is 28.2 Å². The molecule has 39 heavy (non-hydrogen) atoms. The van der Waals surface area contributed by atoms with Gasteiger partial charge < -0.3 is 23.9 Å². The van der Waals surface area contributed by atoms with Gasteiger partial charge in [-0.05, 0) is 74.9 Å². The summed E-state index contributed by atoms with van der Waals surface area (Å²) < 4.78 is 22.4. The van der Waals surface area contributed by atoms with Crippen LogP contribution in [-0.4, -0.2) is 37.8 Å². The fourth-order valence-corrected chi connectivity index (χ4v) is 3.92. The van der Waals surface area contributed by atoms with Crippen LogP contribution in [0.1, 0.15) is 35.5 Å². The number of aryl methyl sites for hydroxylation is 1. The zero-order chi connectivity index (χ0) is 27.8. The minimum Gasteiger partial charge on any atom is -0.494 e. The van der Waals surface area contributed by atoms with Gasteiger partial charge in [0.2, 0.25) is 0 Å². The van der Waals surface area contributed by atoms with Gasteiger partial charge >= 0.3 is 5.91 Å². The van der Waals surface area contributed by atoms with Crippen LogP contribution >= 0.6 is 11.6 Å². The van der Waals surface area contributed by atoms with E-state index in [9.17, 15) is 9.59 Å². The molecule has 0 saturated heterocycles. The second kappa shape index (κ2) is 12.8. The SMILES string of the molecule is CCOc1ccc2oc(C(=O)N/N=C/c3cc(Cl)c(OCC(=O)Nc4ccc(C)cc4)c(OCC)c3)cc2c1. The second-order valence-corrected chi connectivity index (χ2v) is 8.82. The summed E-state index contributed by atoms with van der Waals surface area (Å²) in [5.41, 5.74) is 5.30. The van der Waals surface area contributed by atoms with E-state index in [0.29, 0.717) is 41.5 Å². The van der Waals surface area contributed by atoms with E-state index in [1.807, 2.05) is 45.0 Å². The molecule has 9 nitrogen and oxygen atoms in total. The van der Waals surface area contributed by atoms with Gasteiger partial charge in [-0.15, -0.1) is 0 Å². The zero-order valence-corrected chi connectivity index (χ0v) is 22.5. The van der Waals surface area contributed by atoms with E-state index in [2.05, 4.69) is 15.8 Å². The molecule has 2 N–H and O–H groups in total. The van der Waals surface area contributed by atoms with Crippen molar-refractivity contribution in [3.8, 4) is 17.2 Å². The van der Waals surface area contributed by atoms with Crippen molar-refractivity contribution >= 4 is 46.3 Å². The smallest absolute Gasteiger partial charge is 0.307 e. The third-order valence-electron chi connectivity index (χ3n) is 5.42. The number of fused-ring (bicyclic) bond motifs is 1. The molecule has 2 amide bonds. The Hall–Kier alpha value is -4.50. The summed E-state index contributed by atoms with van der Waals surface area (Å²) in [7, 11) is 0. The summed E-state index contributed by atoms with van der Waals surface area (Å²) in [6, 6.07) is 17.6. The quantitative estimate of drug-likeness (QED) is 0.176. The van der Waals surface area contributed by atoms with Gasteiger partial charge in [-0.25, -0.2) is 5.43 Å². The number of anilines is 1. The number of halogens is 1. The standard InChI is InChI=1S/C29H28ClN3O6/c1-4-36-22-10-11-24-20(14-22)15-26(39-24)29(35)33-31-16-19-12-23(30)28(25(13-19)37-5-2)38-17-27(34)32-21-8-6-18(3)7-9-21/h6-16H,4-5,17H2,1-3H3,(H,32,34)(H,33,35)/b31-16+. The van der Waals surface area contributed by atoms with Crippen LogP contribution in [0.15, 0.2) is 70.2 Å². The van der Waals surface area contributed by atoms with Crippen molar-refractivity contribution in [3.05, 3.63) is 82.6 Å². The fourth-order valence-electron chi connectivity index (χ4n) is 3.65. The first-order chi connectivity index (χ1) is 18.9. The van der Waals surface area contributed by atoms with E-state index in [-0.39, 0.29) is 29.0 Å². The molecule has 1 heterocycles. The van der Waals surface area contributed by atoms with Crippen LogP contribution in [0.5, 0.6) is 17.2 Å². The Labute approximate surface area is 230 Å². The van der Waals surface area contributed by atoms with Gasteiger partial charge in [-0.3, -0.25) is 9.59 Å². The molecule has 0 saturated carbocycles. The maximum atomic E-state index is 12.5. The lowest BCUT2D eigenvalue weighted by molar-refractivity contribution is -0.118. The number of carbonyl (C=O) groups excluding carboxylic acids is 2. The molecule has 0 aliphatic rings. The zero-order valence-electron chi connectivity index (χ0n) is 21.7. The predicted molar refractivity (Wildman–Crippen MR) is 150 cm³/mol. The van der Waals surface area contributed by atoms with Crippen molar-refractivity contribution in [2.45, 2.75) is 20.8 Å². The molecule has 1 aromatic heterocycles. The largest absolute Gasteiger partial charge is 0.494 e. The normalized spacial score (nSPS) is 11.0. The molecule has 0 unspecified atom stereocenters. The van der Waals surface area contributed by atoms with E-state index in [1.165, 1.54) is 6.21 Å². The highest BCUT2D eigenvalue weighted by Gasteiger charge is 2.15. The van der Waals surface area contributed by atoms with Gasteiger partial charge in [0.15, 0.2) is 23.9 Å². The summed E-state index contributed by atoms with van der Waals surface area (Å²) in [4.78, 5) is 24.9. The first kappa shape index (κ1) is 27.5. The Balaban J connectivity index is 1.40. The van der Waals surface area contributed by atoms with Crippen LogP contribution in [-0.2, 0) is 4.79 Å². The van der Waals surface area contributed by atoms with Crippen LogP contribution in [0, 0.1) is 6.92 Å². The van der Waals surface area contributed by atoms with Crippen molar-refractivity contribution in [2.24, 2.45) is 5.10 Å². The molecule has 0 aliphatic carbocycles. The van der Waals surface area contributed by atoms with E-state index in [4.69, 9.17) is 30.2 Å². The van der Waals surface area contributed by atoms with Gasteiger partial charge in [0.05, 0.1) is 24.5 Å². The number of benzene rings is 3. The van der Waals surface area contributed by atoms with Gasteiger partial charge in [-0.1, -0.05) is 29.3 Å². The summed E-state index contributed by atoms with van der Waals surface area (Å²) in [6.07, 6.45) is 1.41. The average molecular weight is 550 g/mol. The third kappa shape index (κ3) is 7.30. The first-order valence-corrected chi connectivity index (χ1v) is 12.7. The van der Waals surface area contributed by atoms with Crippen LogP contribution in [0.2, 0.25) is 5.02 Å².